The molecule has 1 aliphatic carbocycles. The average molecular weight is 616 g/mol. The minimum absolute atomic E-state index is 0.0407. The van der Waals surface area contributed by atoms with Gasteiger partial charge in [-0.15, -0.1) is 0 Å². The molecule has 42 heavy (non-hydrogen) atoms. The molecule has 220 valence electrons. The van der Waals surface area contributed by atoms with Gasteiger partial charge in [0.15, 0.2) is 5.82 Å². The van der Waals surface area contributed by atoms with Crippen molar-refractivity contribution in [2.24, 2.45) is 0 Å². The molecule has 5 rings (SSSR count). The first-order valence-corrected chi connectivity index (χ1v) is 15.6. The normalized spacial score (nSPS) is 17.3. The molecule has 0 saturated heterocycles. The first kappa shape index (κ1) is 29.7. The molecule has 4 aromatic heterocycles. The van der Waals surface area contributed by atoms with E-state index in [-0.39, 0.29) is 34.2 Å². The van der Waals surface area contributed by atoms with Crippen LogP contribution in [0.2, 0.25) is 5.02 Å². The Bertz CT molecular complexity index is 1830. The van der Waals surface area contributed by atoms with Gasteiger partial charge >= 0.3 is 0 Å². The van der Waals surface area contributed by atoms with Gasteiger partial charge in [0.1, 0.15) is 44.6 Å². The Morgan fingerprint density at radius 3 is 2.45 bits per heavy atom. The number of ether oxygens (including phenoxy) is 1. The molecule has 9 nitrogen and oxygen atoms in total. The molecule has 4 aromatic rings. The smallest absolute Gasteiger partial charge is 0.277 e. The molecule has 1 saturated carbocycles. The Balaban J connectivity index is 1.42. The van der Waals surface area contributed by atoms with E-state index in [0.29, 0.717) is 65.9 Å². The fraction of sp³-hybridized carbons (Fsp3) is 0.345. The number of nitrogens with zero attached hydrogens (tertiary/aromatic N) is 5. The number of pyridine rings is 3. The van der Waals surface area contributed by atoms with Gasteiger partial charge in [0.05, 0.1) is 28.5 Å². The SMILES string of the molecule is Cc1cnc(-c2ccnc(C3CCC(S(C)(=O)=O)CC3)n2)cc1-n1c(C)cc(OCc2ncc(F)cc2F)c(Cl)c1=O. The van der Waals surface area contributed by atoms with Gasteiger partial charge in [0.2, 0.25) is 0 Å². The second kappa shape index (κ2) is 11.8. The summed E-state index contributed by atoms with van der Waals surface area (Å²) in [5.74, 6) is -0.963. The van der Waals surface area contributed by atoms with Crippen LogP contribution < -0.4 is 10.3 Å². The number of aryl methyl sites for hydroxylation is 2. The highest BCUT2D eigenvalue weighted by Crippen LogP contribution is 2.34. The van der Waals surface area contributed by atoms with E-state index in [1.165, 1.54) is 10.8 Å². The largest absolute Gasteiger partial charge is 0.485 e. The van der Waals surface area contributed by atoms with Gasteiger partial charge < -0.3 is 4.74 Å². The van der Waals surface area contributed by atoms with Crippen LogP contribution in [0.4, 0.5) is 8.78 Å². The molecule has 0 amide bonds. The Morgan fingerprint density at radius 1 is 1.02 bits per heavy atom. The van der Waals surface area contributed by atoms with Gasteiger partial charge in [-0.1, -0.05) is 11.6 Å². The molecule has 13 heteroatoms. The summed E-state index contributed by atoms with van der Waals surface area (Å²) in [6, 6.07) is 5.73. The molecule has 0 unspecified atom stereocenters. The van der Waals surface area contributed by atoms with Gasteiger partial charge in [-0.05, 0) is 57.2 Å². The van der Waals surface area contributed by atoms with E-state index < -0.39 is 27.0 Å². The lowest BCUT2D eigenvalue weighted by Gasteiger charge is -2.26. The number of halogens is 3. The number of hydrogen-bond donors (Lipinski definition) is 0. The highest BCUT2D eigenvalue weighted by atomic mass is 35.5. The lowest BCUT2D eigenvalue weighted by molar-refractivity contribution is 0.292. The highest BCUT2D eigenvalue weighted by Gasteiger charge is 2.30. The molecular formula is C29H28ClF2N5O4S. The number of aromatic nitrogens is 5. The fourth-order valence-electron chi connectivity index (χ4n) is 5.14. The van der Waals surface area contributed by atoms with Crippen molar-refractivity contribution in [1.29, 1.82) is 0 Å². The summed E-state index contributed by atoms with van der Waals surface area (Å²) in [6.45, 7) is 3.17. The zero-order chi connectivity index (χ0) is 30.2. The van der Waals surface area contributed by atoms with Gasteiger partial charge in [-0.2, -0.15) is 0 Å². The summed E-state index contributed by atoms with van der Waals surface area (Å²) in [5.41, 5.74) is 2.15. The van der Waals surface area contributed by atoms with Crippen molar-refractivity contribution < 1.29 is 21.9 Å². The average Bonchev–Trinajstić information content (AvgIpc) is 2.95. The molecule has 0 N–H and O–H groups in total. The first-order chi connectivity index (χ1) is 19.9. The second-order valence-corrected chi connectivity index (χ2v) is 13.1. The molecule has 4 heterocycles. The molecular weight excluding hydrogens is 588 g/mol. The van der Waals surface area contributed by atoms with E-state index in [4.69, 9.17) is 21.3 Å². The van der Waals surface area contributed by atoms with Crippen molar-refractivity contribution in [3.8, 4) is 22.8 Å². The zero-order valence-electron chi connectivity index (χ0n) is 23.1. The summed E-state index contributed by atoms with van der Waals surface area (Å²) < 4.78 is 58.1. The Labute approximate surface area is 246 Å². The first-order valence-electron chi connectivity index (χ1n) is 13.3. The van der Waals surface area contributed by atoms with Crippen LogP contribution in [0.1, 0.15) is 54.4 Å². The number of hydrogen-bond acceptors (Lipinski definition) is 8. The topological polar surface area (TPSA) is 117 Å². The van der Waals surface area contributed by atoms with Crippen molar-refractivity contribution in [2.45, 2.75) is 57.3 Å². The van der Waals surface area contributed by atoms with Crippen LogP contribution in [0.3, 0.4) is 0 Å². The molecule has 0 atom stereocenters. The van der Waals surface area contributed by atoms with Crippen molar-refractivity contribution in [3.63, 3.8) is 0 Å². The van der Waals surface area contributed by atoms with Crippen molar-refractivity contribution in [3.05, 3.63) is 92.6 Å². The number of sulfone groups is 1. The van der Waals surface area contributed by atoms with E-state index in [1.807, 2.05) is 6.92 Å². The highest BCUT2D eigenvalue weighted by molar-refractivity contribution is 7.91. The Hall–Kier alpha value is -3.77. The minimum Gasteiger partial charge on any atom is -0.485 e. The molecule has 0 aromatic carbocycles. The van der Waals surface area contributed by atoms with E-state index in [0.717, 1.165) is 6.20 Å². The van der Waals surface area contributed by atoms with Crippen molar-refractivity contribution >= 4 is 21.4 Å². The van der Waals surface area contributed by atoms with Gasteiger partial charge in [-0.3, -0.25) is 19.3 Å². The van der Waals surface area contributed by atoms with E-state index in [9.17, 15) is 22.0 Å². The predicted molar refractivity (Wildman–Crippen MR) is 154 cm³/mol. The lowest BCUT2D eigenvalue weighted by atomic mass is 9.88. The van der Waals surface area contributed by atoms with E-state index in [1.54, 1.807) is 37.5 Å². The standard InChI is InChI=1S/C29H28ClF2N5O4S/c1-16-13-34-23(22-8-9-33-28(36-22)18-4-6-20(7-5-18)42(3,39)40)12-25(16)37-17(2)10-26(27(30)29(37)38)41-15-24-21(32)11-19(31)14-35-24/h8-14,18,20H,4-7,15H2,1-3H3. The Kier molecular flexibility index (Phi) is 8.38. The molecule has 0 spiro atoms. The monoisotopic (exact) mass is 615 g/mol. The predicted octanol–water partition coefficient (Wildman–Crippen LogP) is 5.28. The van der Waals surface area contributed by atoms with Crippen LogP contribution in [0.25, 0.3) is 17.1 Å². The van der Waals surface area contributed by atoms with Crippen LogP contribution in [-0.4, -0.2) is 44.4 Å². The number of rotatable bonds is 7. The maximum absolute atomic E-state index is 14.0. The lowest BCUT2D eigenvalue weighted by Crippen LogP contribution is -2.26. The van der Waals surface area contributed by atoms with Gasteiger partial charge in [0, 0.05) is 42.4 Å². The van der Waals surface area contributed by atoms with Crippen LogP contribution >= 0.6 is 11.6 Å². The maximum atomic E-state index is 14.0. The molecule has 0 bridgehead atoms. The summed E-state index contributed by atoms with van der Waals surface area (Å²) in [5, 5.41) is -0.543. The zero-order valence-corrected chi connectivity index (χ0v) is 24.7. The van der Waals surface area contributed by atoms with Gasteiger partial charge in [0.25, 0.3) is 5.56 Å². The van der Waals surface area contributed by atoms with E-state index in [2.05, 4.69) is 15.0 Å². The maximum Gasteiger partial charge on any atom is 0.277 e. The molecule has 1 aliphatic rings. The molecule has 1 fully saturated rings. The third kappa shape index (κ3) is 6.19. The molecule has 0 radical (unpaired) electrons. The van der Waals surface area contributed by atoms with Crippen LogP contribution in [-0.2, 0) is 16.4 Å². The van der Waals surface area contributed by atoms with Gasteiger partial charge in [-0.25, -0.2) is 27.2 Å². The second-order valence-electron chi connectivity index (χ2n) is 10.4. The third-order valence-corrected chi connectivity index (χ3v) is 9.48. The fourth-order valence-corrected chi connectivity index (χ4v) is 6.46. The summed E-state index contributed by atoms with van der Waals surface area (Å²) in [7, 11) is -3.08. The van der Waals surface area contributed by atoms with Crippen LogP contribution in [0, 0.1) is 25.5 Å². The quantitative estimate of drug-likeness (QED) is 0.276. The Morgan fingerprint density at radius 2 is 1.76 bits per heavy atom. The van der Waals surface area contributed by atoms with Crippen LogP contribution in [0.15, 0.2) is 47.7 Å². The third-order valence-electron chi connectivity index (χ3n) is 7.45. The minimum atomic E-state index is -3.08. The molecule has 0 aliphatic heterocycles. The summed E-state index contributed by atoms with van der Waals surface area (Å²) >= 11 is 6.40. The summed E-state index contributed by atoms with van der Waals surface area (Å²) in [4.78, 5) is 30.8. The van der Waals surface area contributed by atoms with Crippen LogP contribution in [0.5, 0.6) is 5.75 Å². The van der Waals surface area contributed by atoms with Crippen molar-refractivity contribution in [1.82, 2.24) is 24.5 Å². The van der Waals surface area contributed by atoms with E-state index >= 15 is 0 Å². The van der Waals surface area contributed by atoms with Crippen molar-refractivity contribution in [2.75, 3.05) is 6.26 Å². The summed E-state index contributed by atoms with van der Waals surface area (Å²) in [6.07, 6.45) is 7.95.